The minimum atomic E-state index is -0.829. The van der Waals surface area contributed by atoms with Crippen molar-refractivity contribution in [3.8, 4) is 0 Å². The molecule has 1 fully saturated rings. The Kier molecular flexibility index (Phi) is 4.50. The van der Waals surface area contributed by atoms with Crippen LogP contribution in [0.15, 0.2) is 42.7 Å². The molecule has 0 spiro atoms. The maximum absolute atomic E-state index is 11.4. The van der Waals surface area contributed by atoms with Crippen molar-refractivity contribution in [2.24, 2.45) is 0 Å². The first-order chi connectivity index (χ1) is 10.7. The first-order valence-corrected chi connectivity index (χ1v) is 7.33. The molecule has 0 saturated carbocycles. The number of nitrogens with zero attached hydrogens (tertiary/aromatic N) is 3. The van der Waals surface area contributed by atoms with Crippen molar-refractivity contribution in [2.45, 2.75) is 19.1 Å². The average molecular weight is 301 g/mol. The molecule has 1 saturated heterocycles. The molecule has 22 heavy (non-hydrogen) atoms. The highest BCUT2D eigenvalue weighted by atomic mass is 16.5. The Morgan fingerprint density at radius 2 is 2.05 bits per heavy atom. The van der Waals surface area contributed by atoms with Gasteiger partial charge < -0.3 is 9.84 Å². The highest BCUT2D eigenvalue weighted by Gasteiger charge is 2.29. The summed E-state index contributed by atoms with van der Waals surface area (Å²) in [7, 11) is 0. The van der Waals surface area contributed by atoms with E-state index in [4.69, 9.17) is 4.74 Å². The first kappa shape index (κ1) is 14.7. The molecule has 0 aliphatic carbocycles. The van der Waals surface area contributed by atoms with Crippen LogP contribution in [0, 0.1) is 0 Å². The number of hydrogen-bond acceptors (Lipinski definition) is 4. The third kappa shape index (κ3) is 3.35. The van der Waals surface area contributed by atoms with Gasteiger partial charge in [-0.1, -0.05) is 24.3 Å². The van der Waals surface area contributed by atoms with Crippen LogP contribution in [0.25, 0.3) is 0 Å². The lowest BCUT2D eigenvalue weighted by atomic mass is 10.1. The van der Waals surface area contributed by atoms with Gasteiger partial charge in [0.2, 0.25) is 0 Å². The highest BCUT2D eigenvalue weighted by Crippen LogP contribution is 2.17. The van der Waals surface area contributed by atoms with Gasteiger partial charge in [-0.15, -0.1) is 0 Å². The minimum absolute atomic E-state index is 0.247. The van der Waals surface area contributed by atoms with Crippen molar-refractivity contribution in [1.29, 1.82) is 0 Å². The molecular weight excluding hydrogens is 282 g/mol. The second kappa shape index (κ2) is 6.72. The topological polar surface area (TPSA) is 67.6 Å². The molecule has 3 rings (SSSR count). The molecule has 2 heterocycles. The molecule has 6 nitrogen and oxygen atoms in total. The summed E-state index contributed by atoms with van der Waals surface area (Å²) in [5, 5.41) is 13.6. The zero-order chi connectivity index (χ0) is 15.4. The number of aliphatic carboxylic acids is 1. The van der Waals surface area contributed by atoms with Crippen molar-refractivity contribution in [3.63, 3.8) is 0 Å². The van der Waals surface area contributed by atoms with Crippen molar-refractivity contribution in [1.82, 2.24) is 14.7 Å². The van der Waals surface area contributed by atoms with Crippen LogP contribution in [0.2, 0.25) is 0 Å². The molecule has 6 heteroatoms. The summed E-state index contributed by atoms with van der Waals surface area (Å²) in [5.41, 5.74) is 2.29. The van der Waals surface area contributed by atoms with Crippen LogP contribution < -0.4 is 0 Å². The molecule has 116 valence electrons. The van der Waals surface area contributed by atoms with Gasteiger partial charge in [0.1, 0.15) is 6.04 Å². The van der Waals surface area contributed by atoms with Crippen LogP contribution in [0.1, 0.15) is 11.1 Å². The molecule has 1 aliphatic rings. The van der Waals surface area contributed by atoms with E-state index < -0.39 is 12.0 Å². The average Bonchev–Trinajstić information content (AvgIpc) is 3.02. The van der Waals surface area contributed by atoms with Crippen LogP contribution in [0.5, 0.6) is 0 Å². The minimum Gasteiger partial charge on any atom is -0.480 e. The first-order valence-electron chi connectivity index (χ1n) is 7.33. The summed E-state index contributed by atoms with van der Waals surface area (Å²) >= 11 is 0. The fourth-order valence-electron chi connectivity index (χ4n) is 2.71. The lowest BCUT2D eigenvalue weighted by molar-refractivity contribution is -0.150. The van der Waals surface area contributed by atoms with E-state index in [2.05, 4.69) is 11.2 Å². The van der Waals surface area contributed by atoms with Gasteiger partial charge in [-0.25, -0.2) is 0 Å². The van der Waals surface area contributed by atoms with Crippen LogP contribution in [-0.4, -0.2) is 51.6 Å². The molecule has 2 aromatic rings. The second-order valence-electron chi connectivity index (χ2n) is 5.37. The van der Waals surface area contributed by atoms with E-state index in [-0.39, 0.29) is 6.61 Å². The van der Waals surface area contributed by atoms with Gasteiger partial charge in [-0.05, 0) is 17.2 Å². The van der Waals surface area contributed by atoms with Crippen LogP contribution in [0.3, 0.4) is 0 Å². The SMILES string of the molecule is O=C(O)[C@H]1COCCN1Cc1ccccc1Cn1cccn1. The van der Waals surface area contributed by atoms with E-state index in [1.807, 2.05) is 40.0 Å². The summed E-state index contributed by atoms with van der Waals surface area (Å²) in [6, 6.07) is 9.41. The maximum atomic E-state index is 11.4. The Morgan fingerprint density at radius 1 is 1.27 bits per heavy atom. The Morgan fingerprint density at radius 3 is 2.73 bits per heavy atom. The van der Waals surface area contributed by atoms with E-state index in [1.54, 1.807) is 6.20 Å². The van der Waals surface area contributed by atoms with Gasteiger partial charge >= 0.3 is 5.97 Å². The van der Waals surface area contributed by atoms with E-state index in [9.17, 15) is 9.90 Å². The zero-order valence-corrected chi connectivity index (χ0v) is 12.3. The molecule has 0 bridgehead atoms. The standard InChI is InChI=1S/C16H19N3O3/c20-16(21)15-12-22-9-8-18(15)10-13-4-1-2-5-14(13)11-19-7-3-6-17-19/h1-7,15H,8-12H2,(H,20,21)/t15-/m1/s1. The lowest BCUT2D eigenvalue weighted by Gasteiger charge is -2.33. The van der Waals surface area contributed by atoms with Crippen molar-refractivity contribution in [3.05, 3.63) is 53.9 Å². The third-order valence-corrected chi connectivity index (χ3v) is 3.91. The largest absolute Gasteiger partial charge is 0.480 e. The smallest absolute Gasteiger partial charge is 0.323 e. The van der Waals surface area contributed by atoms with Crippen molar-refractivity contribution < 1.29 is 14.6 Å². The van der Waals surface area contributed by atoms with Crippen molar-refractivity contribution in [2.75, 3.05) is 19.8 Å². The quantitative estimate of drug-likeness (QED) is 0.899. The van der Waals surface area contributed by atoms with Gasteiger partial charge in [0.25, 0.3) is 0 Å². The number of aromatic nitrogens is 2. The number of benzene rings is 1. The number of ether oxygens (including phenoxy) is 1. The number of carbonyl (C=O) groups is 1. The summed E-state index contributed by atoms with van der Waals surface area (Å²) in [5.74, 6) is -0.829. The monoisotopic (exact) mass is 301 g/mol. The molecule has 0 unspecified atom stereocenters. The predicted molar refractivity (Wildman–Crippen MR) is 80.4 cm³/mol. The summed E-state index contributed by atoms with van der Waals surface area (Å²) in [4.78, 5) is 13.3. The van der Waals surface area contributed by atoms with E-state index >= 15 is 0 Å². The van der Waals surface area contributed by atoms with E-state index in [1.165, 1.54) is 0 Å². The fraction of sp³-hybridized carbons (Fsp3) is 0.375. The Labute approximate surface area is 128 Å². The van der Waals surface area contributed by atoms with Gasteiger partial charge in [0.05, 0.1) is 19.8 Å². The van der Waals surface area contributed by atoms with Crippen LogP contribution >= 0.6 is 0 Å². The van der Waals surface area contributed by atoms with Crippen LogP contribution in [-0.2, 0) is 22.6 Å². The lowest BCUT2D eigenvalue weighted by Crippen LogP contribution is -2.49. The fourth-order valence-corrected chi connectivity index (χ4v) is 2.71. The molecule has 1 aromatic heterocycles. The van der Waals surface area contributed by atoms with Gasteiger partial charge in [-0.3, -0.25) is 14.4 Å². The summed E-state index contributed by atoms with van der Waals surface area (Å²) < 4.78 is 7.16. The molecule has 0 amide bonds. The maximum Gasteiger partial charge on any atom is 0.323 e. The molecule has 0 radical (unpaired) electrons. The Hall–Kier alpha value is -2.18. The van der Waals surface area contributed by atoms with E-state index in [0.29, 0.717) is 26.2 Å². The van der Waals surface area contributed by atoms with Crippen LogP contribution in [0.4, 0.5) is 0 Å². The molecule has 1 aliphatic heterocycles. The normalized spacial score (nSPS) is 19.2. The molecular formula is C16H19N3O3. The number of carboxylic acid groups (broad SMARTS) is 1. The van der Waals surface area contributed by atoms with Gasteiger partial charge in [0.15, 0.2) is 0 Å². The van der Waals surface area contributed by atoms with Gasteiger partial charge in [0, 0.05) is 25.5 Å². The number of hydrogen-bond donors (Lipinski definition) is 1. The Bertz CT molecular complexity index is 627. The number of carboxylic acids is 1. The van der Waals surface area contributed by atoms with E-state index in [0.717, 1.165) is 11.1 Å². The summed E-state index contributed by atoms with van der Waals surface area (Å²) in [6.45, 7) is 2.75. The van der Waals surface area contributed by atoms with Crippen molar-refractivity contribution >= 4 is 5.97 Å². The molecule has 1 N–H and O–H groups in total. The third-order valence-electron chi connectivity index (χ3n) is 3.91. The summed E-state index contributed by atoms with van der Waals surface area (Å²) in [6.07, 6.45) is 3.68. The van der Waals surface area contributed by atoms with Gasteiger partial charge in [-0.2, -0.15) is 5.10 Å². The highest BCUT2D eigenvalue weighted by molar-refractivity contribution is 5.73. The molecule has 1 aromatic carbocycles. The number of morpholine rings is 1. The zero-order valence-electron chi connectivity index (χ0n) is 12.3. The second-order valence-corrected chi connectivity index (χ2v) is 5.37. The molecule has 1 atom stereocenters. The predicted octanol–water partition coefficient (Wildman–Crippen LogP) is 1.22. The number of rotatable bonds is 5. The Balaban J connectivity index is 1.78.